The highest BCUT2D eigenvalue weighted by molar-refractivity contribution is 5.97. The highest BCUT2D eigenvalue weighted by atomic mass is 16.3. The fourth-order valence-electron chi connectivity index (χ4n) is 9.35. The highest BCUT2D eigenvalue weighted by Crippen LogP contribution is 2.64. The Balaban J connectivity index is 0.00000197. The lowest BCUT2D eigenvalue weighted by molar-refractivity contribution is -0.132. The van der Waals surface area contributed by atoms with Crippen molar-refractivity contribution in [2.24, 2.45) is 17.3 Å². The normalized spacial score (nSPS) is 27.5. The minimum Gasteiger partial charge on any atom is -0.377 e. The molecule has 4 aliphatic rings. The van der Waals surface area contributed by atoms with Crippen LogP contribution in [-0.2, 0) is 11.2 Å². The summed E-state index contributed by atoms with van der Waals surface area (Å²) in [6.07, 6.45) is 20.7. The van der Waals surface area contributed by atoms with E-state index < -0.39 is 5.60 Å². The van der Waals surface area contributed by atoms with Crippen molar-refractivity contribution in [3.05, 3.63) is 71.4 Å². The first-order valence-corrected chi connectivity index (χ1v) is 17.6. The molecule has 250 valence electrons. The van der Waals surface area contributed by atoms with Crippen LogP contribution >= 0.6 is 0 Å². The number of rotatable bonds is 6. The van der Waals surface area contributed by atoms with E-state index in [4.69, 9.17) is 6.42 Å². The van der Waals surface area contributed by atoms with Gasteiger partial charge in [0.05, 0.1) is 5.52 Å². The molecule has 5 atom stereocenters. The molecule has 3 aliphatic carbocycles. The number of carbonyl (C=O) groups excluding carboxylic acids is 2. The molecule has 7 heteroatoms. The van der Waals surface area contributed by atoms with Crippen molar-refractivity contribution < 1.29 is 14.7 Å². The van der Waals surface area contributed by atoms with Gasteiger partial charge in [-0.25, -0.2) is 4.98 Å². The minimum absolute atomic E-state index is 0.00994. The van der Waals surface area contributed by atoms with E-state index >= 15 is 0 Å². The van der Waals surface area contributed by atoms with E-state index in [1.54, 1.807) is 11.0 Å². The molecule has 1 aliphatic heterocycles. The molecule has 2 aromatic carbocycles. The molecule has 0 radical (unpaired) electrons. The Kier molecular flexibility index (Phi) is 9.55. The van der Waals surface area contributed by atoms with E-state index in [2.05, 4.69) is 53.8 Å². The third-order valence-electron chi connectivity index (χ3n) is 12.0. The van der Waals surface area contributed by atoms with Gasteiger partial charge in [0.15, 0.2) is 0 Å². The molecule has 0 spiro atoms. The number of hydrogen-bond donors (Lipinski definition) is 1. The number of para-hydroxylation sites is 1. The molecule has 7 nitrogen and oxygen atoms in total. The zero-order valence-electron chi connectivity index (χ0n) is 28.4. The van der Waals surface area contributed by atoms with Gasteiger partial charge in [-0.3, -0.25) is 9.59 Å². The first-order valence-electron chi connectivity index (χ1n) is 17.6. The number of pyridine rings is 1. The number of carbonyl (C=O) groups is 2. The maximum absolute atomic E-state index is 13.5. The molecule has 1 saturated heterocycles. The van der Waals surface area contributed by atoms with Gasteiger partial charge in [0.1, 0.15) is 17.8 Å². The Hall–Kier alpha value is -4.33. The number of piperazine rings is 1. The summed E-state index contributed by atoms with van der Waals surface area (Å²) in [7, 11) is 0. The van der Waals surface area contributed by atoms with Crippen molar-refractivity contribution in [3.63, 3.8) is 0 Å². The lowest BCUT2D eigenvalue weighted by Gasteiger charge is -2.52. The molecule has 2 amide bonds. The summed E-state index contributed by atoms with van der Waals surface area (Å²) in [5.74, 6) is 4.14. The Bertz CT molecular complexity index is 1740. The zero-order valence-corrected chi connectivity index (χ0v) is 28.4. The second kappa shape index (κ2) is 13.7. The Morgan fingerprint density at radius 3 is 2.54 bits per heavy atom. The first kappa shape index (κ1) is 33.6. The molecule has 7 rings (SSSR count). The number of terminal acetylenes is 2. The van der Waals surface area contributed by atoms with Gasteiger partial charge in [-0.05, 0) is 98.1 Å². The first-order chi connectivity index (χ1) is 23.2. The number of aliphatic hydroxyl groups is 1. The molecular weight excluding hydrogens is 596 g/mol. The summed E-state index contributed by atoms with van der Waals surface area (Å²) in [5, 5.41) is 12.3. The largest absolute Gasteiger partial charge is 0.377 e. The maximum Gasteiger partial charge on any atom is 0.272 e. The van der Waals surface area contributed by atoms with Crippen LogP contribution in [0.4, 0.5) is 5.69 Å². The SMILES string of the molecule is C#C.C#C[C@]1(O)CCC2[C@@H]3CCc4ccc(N5CCN(C(=O)CN(CCC)C(=O)c6ccc7ccccc7n6)CC5)cc4C3CC[C@@]21C. The third-order valence-corrected chi connectivity index (χ3v) is 12.0. The van der Waals surface area contributed by atoms with Gasteiger partial charge in [0, 0.05) is 49.2 Å². The van der Waals surface area contributed by atoms with Crippen LogP contribution < -0.4 is 4.90 Å². The Morgan fingerprint density at radius 2 is 1.79 bits per heavy atom. The number of nitrogens with zero attached hydrogens (tertiary/aromatic N) is 4. The van der Waals surface area contributed by atoms with Crippen LogP contribution in [0, 0.1) is 42.4 Å². The van der Waals surface area contributed by atoms with Crippen LogP contribution in [0.3, 0.4) is 0 Å². The zero-order chi connectivity index (χ0) is 34.1. The number of benzene rings is 2. The van der Waals surface area contributed by atoms with E-state index in [0.29, 0.717) is 49.5 Å². The Labute approximate surface area is 285 Å². The molecule has 3 fully saturated rings. The van der Waals surface area contributed by atoms with E-state index in [0.717, 1.165) is 56.1 Å². The number of aryl methyl sites for hydroxylation is 1. The molecule has 2 unspecified atom stereocenters. The molecule has 3 aromatic rings. The van der Waals surface area contributed by atoms with E-state index in [9.17, 15) is 14.7 Å². The molecule has 0 bridgehead atoms. The van der Waals surface area contributed by atoms with Crippen LogP contribution in [0.25, 0.3) is 10.9 Å². The molecule has 1 N–H and O–H groups in total. The highest BCUT2D eigenvalue weighted by Gasteiger charge is 2.61. The topological polar surface area (TPSA) is 77.0 Å². The maximum atomic E-state index is 13.5. The van der Waals surface area contributed by atoms with Crippen molar-refractivity contribution in [2.45, 2.75) is 70.3 Å². The third kappa shape index (κ3) is 5.84. The van der Waals surface area contributed by atoms with Crippen molar-refractivity contribution in [3.8, 4) is 25.2 Å². The number of aromatic nitrogens is 1. The van der Waals surface area contributed by atoms with Gasteiger partial charge >= 0.3 is 0 Å². The number of fused-ring (bicyclic) bond motifs is 6. The van der Waals surface area contributed by atoms with Crippen LogP contribution in [-0.4, -0.2) is 76.6 Å². The lowest BCUT2D eigenvalue weighted by atomic mass is 9.53. The average Bonchev–Trinajstić information content (AvgIpc) is 3.41. The van der Waals surface area contributed by atoms with Gasteiger partial charge < -0.3 is 19.8 Å². The minimum atomic E-state index is -0.976. The monoisotopic (exact) mass is 644 g/mol. The van der Waals surface area contributed by atoms with Gasteiger partial charge in [-0.1, -0.05) is 50.1 Å². The van der Waals surface area contributed by atoms with Crippen molar-refractivity contribution in [1.29, 1.82) is 0 Å². The predicted molar refractivity (Wildman–Crippen MR) is 191 cm³/mol. The van der Waals surface area contributed by atoms with Crippen LogP contribution in [0.15, 0.2) is 54.6 Å². The van der Waals surface area contributed by atoms with Crippen LogP contribution in [0.2, 0.25) is 0 Å². The van der Waals surface area contributed by atoms with Gasteiger partial charge in [-0.2, -0.15) is 0 Å². The van der Waals surface area contributed by atoms with Crippen molar-refractivity contribution in [2.75, 3.05) is 44.2 Å². The Morgan fingerprint density at radius 1 is 1.02 bits per heavy atom. The summed E-state index contributed by atoms with van der Waals surface area (Å²) in [4.78, 5) is 37.5. The summed E-state index contributed by atoms with van der Waals surface area (Å²) in [5.41, 5.74) is 4.18. The smallest absolute Gasteiger partial charge is 0.272 e. The number of anilines is 1. The second-order valence-corrected chi connectivity index (χ2v) is 14.3. The molecular formula is C41H48N4O3. The quantitative estimate of drug-likeness (QED) is 0.338. The molecule has 1 aromatic heterocycles. The van der Waals surface area contributed by atoms with Gasteiger partial charge in [-0.15, -0.1) is 19.3 Å². The average molecular weight is 645 g/mol. The lowest BCUT2D eigenvalue weighted by Crippen LogP contribution is -2.52. The van der Waals surface area contributed by atoms with Crippen LogP contribution in [0.1, 0.15) is 79.9 Å². The van der Waals surface area contributed by atoms with E-state index in [1.165, 1.54) is 23.2 Å². The van der Waals surface area contributed by atoms with Crippen molar-refractivity contribution in [1.82, 2.24) is 14.8 Å². The number of hydrogen-bond acceptors (Lipinski definition) is 5. The standard InChI is InChI=1S/C39H46N4O3.C2H2/c1-4-20-43(37(45)35-15-12-28-8-6-7-9-34(28)40-35)26-36(44)42-23-21-41(22-24-42)29-13-10-27-11-14-31-30(32(27)25-29)16-18-38(3)33(31)17-19-39(38,46)5-2;1-2/h2,6-10,12-13,15,25,30-31,33,46H,4,11,14,16-24,26H2,1,3H3;1-2H/t30?,31-,33?,38+,39+;/m1./s1. The van der Waals surface area contributed by atoms with Crippen molar-refractivity contribution >= 4 is 28.4 Å². The fourth-order valence-corrected chi connectivity index (χ4v) is 9.35. The molecule has 2 saturated carbocycles. The molecule has 48 heavy (non-hydrogen) atoms. The molecule has 2 heterocycles. The van der Waals surface area contributed by atoms with Crippen LogP contribution in [0.5, 0.6) is 0 Å². The van der Waals surface area contributed by atoms with E-state index in [-0.39, 0.29) is 23.8 Å². The fraction of sp³-hybridized carbons (Fsp3) is 0.488. The number of amides is 2. The summed E-state index contributed by atoms with van der Waals surface area (Å²) < 4.78 is 0. The van der Waals surface area contributed by atoms with E-state index in [1.807, 2.05) is 42.2 Å². The summed E-state index contributed by atoms with van der Waals surface area (Å²) in [6.45, 7) is 7.65. The van der Waals surface area contributed by atoms with Gasteiger partial charge in [0.25, 0.3) is 5.91 Å². The van der Waals surface area contributed by atoms with Gasteiger partial charge in [0.2, 0.25) is 5.91 Å². The summed E-state index contributed by atoms with van der Waals surface area (Å²) in [6, 6.07) is 18.4. The summed E-state index contributed by atoms with van der Waals surface area (Å²) >= 11 is 0. The predicted octanol–water partition coefficient (Wildman–Crippen LogP) is 5.91. The second-order valence-electron chi connectivity index (χ2n) is 14.3.